The van der Waals surface area contributed by atoms with E-state index in [0.717, 1.165) is 9.87 Å². The largest absolute Gasteiger partial charge is 0.439 e. The second-order valence-corrected chi connectivity index (χ2v) is 8.18. The Hall–Kier alpha value is -2.64. The van der Waals surface area contributed by atoms with Crippen LogP contribution in [-0.4, -0.2) is 23.6 Å². The summed E-state index contributed by atoms with van der Waals surface area (Å²) in [6.45, 7) is -0.254. The molecule has 2 aromatic carbocycles. The quantitative estimate of drug-likeness (QED) is 0.686. The minimum Gasteiger partial charge on any atom is -0.439 e. The predicted octanol–water partition coefficient (Wildman–Crippen LogP) is 3.48. The summed E-state index contributed by atoms with van der Waals surface area (Å²) in [5, 5.41) is 0.547. The van der Waals surface area contributed by atoms with E-state index in [0.29, 0.717) is 21.9 Å². The minimum atomic E-state index is -3.78. The molecule has 0 radical (unpaired) electrons. The molecule has 0 saturated heterocycles. The van der Waals surface area contributed by atoms with Gasteiger partial charge in [-0.15, -0.1) is 0 Å². The highest BCUT2D eigenvalue weighted by Gasteiger charge is 2.36. The number of sulfonamides is 1. The number of aromatic nitrogens is 1. The Morgan fingerprint density at radius 3 is 2.77 bits per heavy atom. The Morgan fingerprint density at radius 1 is 1.15 bits per heavy atom. The van der Waals surface area contributed by atoms with Crippen molar-refractivity contribution >= 4 is 27.5 Å². The third-order valence-corrected chi connectivity index (χ3v) is 5.97. The Morgan fingerprint density at radius 2 is 1.96 bits per heavy atom. The lowest BCUT2D eigenvalue weighted by Gasteiger charge is -2.26. The van der Waals surface area contributed by atoms with E-state index in [2.05, 4.69) is 4.98 Å². The normalized spacial score (nSPS) is 15.7. The molecule has 0 bridgehead atoms. The summed E-state index contributed by atoms with van der Waals surface area (Å²) < 4.78 is 31.4. The summed E-state index contributed by atoms with van der Waals surface area (Å²) in [7, 11) is -3.78. The summed E-state index contributed by atoms with van der Waals surface area (Å²) in [5.74, 6) is -0.216. The fourth-order valence-corrected chi connectivity index (χ4v) is 4.49. The topological polar surface area (TPSA) is 80.5 Å². The van der Waals surface area contributed by atoms with Crippen molar-refractivity contribution in [2.75, 3.05) is 0 Å². The molecule has 1 aliphatic rings. The molecule has 1 aromatic heterocycles. The minimum absolute atomic E-state index is 0.135. The van der Waals surface area contributed by atoms with Gasteiger partial charge in [0, 0.05) is 16.1 Å². The van der Waals surface area contributed by atoms with Crippen LogP contribution < -0.4 is 0 Å². The summed E-state index contributed by atoms with van der Waals surface area (Å²) >= 11 is 5.97. The Labute approximate surface area is 155 Å². The van der Waals surface area contributed by atoms with Crippen LogP contribution in [0.25, 0.3) is 11.3 Å². The van der Waals surface area contributed by atoms with Gasteiger partial charge < -0.3 is 4.42 Å². The van der Waals surface area contributed by atoms with Crippen molar-refractivity contribution in [3.05, 3.63) is 76.8 Å². The van der Waals surface area contributed by atoms with E-state index in [-0.39, 0.29) is 18.2 Å². The van der Waals surface area contributed by atoms with E-state index in [4.69, 9.17) is 16.0 Å². The van der Waals surface area contributed by atoms with Crippen LogP contribution >= 0.6 is 11.6 Å². The van der Waals surface area contributed by atoms with Gasteiger partial charge in [0.15, 0.2) is 5.76 Å². The Balaban J connectivity index is 1.64. The van der Waals surface area contributed by atoms with E-state index < -0.39 is 15.9 Å². The highest BCUT2D eigenvalue weighted by molar-refractivity contribution is 7.89. The van der Waals surface area contributed by atoms with Crippen molar-refractivity contribution in [1.29, 1.82) is 0 Å². The van der Waals surface area contributed by atoms with Crippen molar-refractivity contribution in [2.24, 2.45) is 0 Å². The molecule has 0 unspecified atom stereocenters. The van der Waals surface area contributed by atoms with Gasteiger partial charge in [-0.1, -0.05) is 41.9 Å². The second-order valence-electron chi connectivity index (χ2n) is 5.85. The van der Waals surface area contributed by atoms with Crippen LogP contribution in [0, 0.1) is 0 Å². The predicted molar refractivity (Wildman–Crippen MR) is 95.9 cm³/mol. The van der Waals surface area contributed by atoms with Gasteiger partial charge in [-0.05, 0) is 23.8 Å². The van der Waals surface area contributed by atoms with Crippen LogP contribution in [0.3, 0.4) is 0 Å². The first-order valence-corrected chi connectivity index (χ1v) is 9.76. The van der Waals surface area contributed by atoms with Gasteiger partial charge >= 0.3 is 0 Å². The zero-order valence-corrected chi connectivity index (χ0v) is 15.0. The van der Waals surface area contributed by atoms with E-state index in [9.17, 15) is 13.2 Å². The highest BCUT2D eigenvalue weighted by Crippen LogP contribution is 2.28. The van der Waals surface area contributed by atoms with Gasteiger partial charge in [0.05, 0.1) is 11.9 Å². The third-order valence-electron chi connectivity index (χ3n) is 4.09. The average Bonchev–Trinajstić information content (AvgIpc) is 3.07. The number of oxazole rings is 1. The van der Waals surface area contributed by atoms with Crippen molar-refractivity contribution < 1.29 is 17.6 Å². The van der Waals surface area contributed by atoms with Crippen LogP contribution in [0.4, 0.5) is 0 Å². The van der Waals surface area contributed by atoms with E-state index in [1.807, 2.05) is 0 Å². The summed E-state index contributed by atoms with van der Waals surface area (Å²) in [6, 6.07) is 13.7. The molecule has 4 rings (SSSR count). The molecule has 0 N–H and O–H groups in total. The molecule has 26 heavy (non-hydrogen) atoms. The Kier molecular flexibility index (Phi) is 4.05. The number of nitrogens with zero attached hydrogens (tertiary/aromatic N) is 2. The zero-order chi connectivity index (χ0) is 18.3. The standard InChI is InChI=1S/C18H13ClN2O4S/c19-14-6-3-5-12(8-14)16-9-20-17(25-16)10-21-18(22)15-7-2-1-4-13(15)11-26(21,23)24/h1-9H,10-11H2. The highest BCUT2D eigenvalue weighted by atomic mass is 35.5. The molecule has 0 saturated carbocycles. The fraction of sp³-hybridized carbons (Fsp3) is 0.111. The molecule has 0 atom stereocenters. The van der Waals surface area contributed by atoms with Crippen LogP contribution in [0.15, 0.2) is 59.1 Å². The van der Waals surface area contributed by atoms with Gasteiger partial charge in [0.2, 0.25) is 15.9 Å². The average molecular weight is 389 g/mol. The van der Waals surface area contributed by atoms with E-state index in [1.165, 1.54) is 6.20 Å². The molecule has 8 heteroatoms. The maximum atomic E-state index is 12.6. The molecular formula is C18H13ClN2O4S. The molecule has 1 amide bonds. The fourth-order valence-electron chi connectivity index (χ4n) is 2.84. The molecule has 0 spiro atoms. The maximum absolute atomic E-state index is 12.6. The number of benzene rings is 2. The number of fused-ring (bicyclic) bond motifs is 1. The molecule has 132 valence electrons. The molecule has 3 aromatic rings. The van der Waals surface area contributed by atoms with Gasteiger partial charge in [0.25, 0.3) is 5.91 Å². The van der Waals surface area contributed by atoms with Crippen LogP contribution in [0.1, 0.15) is 21.8 Å². The monoisotopic (exact) mass is 388 g/mol. The molecule has 0 aliphatic carbocycles. The number of hydrogen-bond acceptors (Lipinski definition) is 5. The maximum Gasteiger partial charge on any atom is 0.268 e. The summed E-state index contributed by atoms with van der Waals surface area (Å²) in [6.07, 6.45) is 1.48. The van der Waals surface area contributed by atoms with Crippen LogP contribution in [0.2, 0.25) is 5.02 Å². The number of carbonyl (C=O) groups excluding carboxylic acids is 1. The zero-order valence-electron chi connectivity index (χ0n) is 13.4. The number of amides is 1. The summed E-state index contributed by atoms with van der Waals surface area (Å²) in [4.78, 5) is 16.7. The van der Waals surface area contributed by atoms with Crippen molar-refractivity contribution in [2.45, 2.75) is 12.3 Å². The lowest BCUT2D eigenvalue weighted by atomic mass is 10.1. The smallest absolute Gasteiger partial charge is 0.268 e. The number of rotatable bonds is 3. The third kappa shape index (κ3) is 3.00. The van der Waals surface area contributed by atoms with Crippen molar-refractivity contribution in [3.63, 3.8) is 0 Å². The number of carbonyl (C=O) groups is 1. The molecular weight excluding hydrogens is 376 g/mol. The lowest BCUT2D eigenvalue weighted by molar-refractivity contribution is 0.0841. The summed E-state index contributed by atoms with van der Waals surface area (Å²) in [5.41, 5.74) is 1.60. The molecule has 1 aliphatic heterocycles. The molecule has 2 heterocycles. The van der Waals surface area contributed by atoms with Crippen molar-refractivity contribution in [1.82, 2.24) is 9.29 Å². The lowest BCUT2D eigenvalue weighted by Crippen LogP contribution is -2.41. The SMILES string of the molecule is O=C1c2ccccc2CS(=O)(=O)N1Cc1ncc(-c2cccc(Cl)c2)o1. The Bertz CT molecular complexity index is 1110. The number of hydrogen-bond donors (Lipinski definition) is 0. The first kappa shape index (κ1) is 16.8. The van der Waals surface area contributed by atoms with Gasteiger partial charge in [0.1, 0.15) is 6.54 Å². The van der Waals surface area contributed by atoms with E-state index >= 15 is 0 Å². The first-order chi connectivity index (χ1) is 12.4. The van der Waals surface area contributed by atoms with Crippen LogP contribution in [-0.2, 0) is 22.3 Å². The van der Waals surface area contributed by atoms with Gasteiger partial charge in [-0.3, -0.25) is 4.79 Å². The molecule has 0 fully saturated rings. The van der Waals surface area contributed by atoms with Crippen molar-refractivity contribution in [3.8, 4) is 11.3 Å². The second kappa shape index (κ2) is 6.26. The van der Waals surface area contributed by atoms with Gasteiger partial charge in [-0.2, -0.15) is 0 Å². The number of halogens is 1. The molecule has 6 nitrogen and oxygen atoms in total. The van der Waals surface area contributed by atoms with E-state index in [1.54, 1.807) is 48.5 Å². The first-order valence-electron chi connectivity index (χ1n) is 7.77. The van der Waals surface area contributed by atoms with Crippen LogP contribution in [0.5, 0.6) is 0 Å². The van der Waals surface area contributed by atoms with Gasteiger partial charge in [-0.25, -0.2) is 17.7 Å².